The summed E-state index contributed by atoms with van der Waals surface area (Å²) in [5.74, 6) is -1.28. The lowest BCUT2D eigenvalue weighted by molar-refractivity contribution is -0.137. The van der Waals surface area contributed by atoms with Crippen molar-refractivity contribution in [1.82, 2.24) is 9.29 Å². The van der Waals surface area contributed by atoms with Crippen molar-refractivity contribution in [2.24, 2.45) is 0 Å². The number of aliphatic carboxylic acids is 1. The van der Waals surface area contributed by atoms with Crippen LogP contribution in [-0.2, 0) is 27.4 Å². The number of halogens is 3. The molecule has 1 aliphatic heterocycles. The van der Waals surface area contributed by atoms with Crippen LogP contribution in [0.25, 0.3) is 0 Å². The summed E-state index contributed by atoms with van der Waals surface area (Å²) in [4.78, 5) is 16.4. The van der Waals surface area contributed by atoms with Gasteiger partial charge in [0.1, 0.15) is 5.82 Å². The van der Waals surface area contributed by atoms with E-state index >= 15 is 0 Å². The van der Waals surface area contributed by atoms with Crippen LogP contribution in [0.5, 0.6) is 0 Å². The van der Waals surface area contributed by atoms with Crippen molar-refractivity contribution in [1.29, 1.82) is 0 Å². The van der Waals surface area contributed by atoms with Crippen molar-refractivity contribution in [3.8, 4) is 0 Å². The van der Waals surface area contributed by atoms with Crippen molar-refractivity contribution in [2.75, 3.05) is 31.1 Å². The van der Waals surface area contributed by atoms with Gasteiger partial charge in [0.05, 0.1) is 16.9 Å². The lowest BCUT2D eigenvalue weighted by Crippen LogP contribution is -2.36. The van der Waals surface area contributed by atoms with Crippen molar-refractivity contribution in [3.63, 3.8) is 0 Å². The molecule has 0 amide bonds. The number of nitrogens with zero attached hydrogens (tertiary/aromatic N) is 3. The van der Waals surface area contributed by atoms with E-state index in [-0.39, 0.29) is 43.3 Å². The van der Waals surface area contributed by atoms with E-state index in [9.17, 15) is 26.4 Å². The van der Waals surface area contributed by atoms with Crippen LogP contribution in [0.3, 0.4) is 0 Å². The molecule has 1 saturated heterocycles. The number of sulfonamides is 1. The molecule has 0 atom stereocenters. The SMILES string of the molecule is Cc1ccc(S(=O)(=O)N2CCCN(c3ncccc3C(F)(F)F)CC2)cc1CC(=O)O. The lowest BCUT2D eigenvalue weighted by atomic mass is 10.1. The molecular formula is C20H22F3N3O4S. The molecular weight excluding hydrogens is 435 g/mol. The predicted octanol–water partition coefficient (Wildman–Crippen LogP) is 2.94. The molecule has 31 heavy (non-hydrogen) atoms. The van der Waals surface area contributed by atoms with Gasteiger partial charge in [0.25, 0.3) is 0 Å². The van der Waals surface area contributed by atoms with Gasteiger partial charge in [-0.25, -0.2) is 13.4 Å². The van der Waals surface area contributed by atoms with Crippen LogP contribution in [0.15, 0.2) is 41.4 Å². The number of anilines is 1. The Hall–Kier alpha value is -2.66. The first-order chi connectivity index (χ1) is 14.5. The molecule has 0 aliphatic carbocycles. The summed E-state index contributed by atoms with van der Waals surface area (Å²) >= 11 is 0. The summed E-state index contributed by atoms with van der Waals surface area (Å²) < 4.78 is 67.5. The first-order valence-electron chi connectivity index (χ1n) is 9.59. The molecule has 0 saturated carbocycles. The smallest absolute Gasteiger partial charge is 0.419 e. The van der Waals surface area contributed by atoms with E-state index in [0.717, 1.165) is 6.07 Å². The van der Waals surface area contributed by atoms with Gasteiger partial charge >= 0.3 is 12.1 Å². The molecule has 168 valence electrons. The molecule has 0 radical (unpaired) electrons. The van der Waals surface area contributed by atoms with Crippen LogP contribution in [0, 0.1) is 6.92 Å². The van der Waals surface area contributed by atoms with Crippen molar-refractivity contribution < 1.29 is 31.5 Å². The van der Waals surface area contributed by atoms with E-state index in [1.54, 1.807) is 13.0 Å². The highest BCUT2D eigenvalue weighted by molar-refractivity contribution is 7.89. The Morgan fingerprint density at radius 3 is 2.58 bits per heavy atom. The third-order valence-corrected chi connectivity index (χ3v) is 7.04. The van der Waals surface area contributed by atoms with Crippen LogP contribution in [-0.4, -0.2) is 55.0 Å². The second kappa shape index (κ2) is 8.83. The number of carbonyl (C=O) groups is 1. The van der Waals surface area contributed by atoms with Gasteiger partial charge in [0, 0.05) is 32.4 Å². The number of rotatable bonds is 5. The van der Waals surface area contributed by atoms with Gasteiger partial charge in [-0.2, -0.15) is 17.5 Å². The zero-order valence-electron chi connectivity index (χ0n) is 16.8. The molecule has 0 spiro atoms. The predicted molar refractivity (Wildman–Crippen MR) is 107 cm³/mol. The molecule has 1 aliphatic rings. The minimum atomic E-state index is -4.57. The van der Waals surface area contributed by atoms with Crippen LogP contribution in [0.1, 0.15) is 23.1 Å². The summed E-state index contributed by atoms with van der Waals surface area (Å²) in [6.45, 7) is 2.09. The highest BCUT2D eigenvalue weighted by atomic mass is 32.2. The van der Waals surface area contributed by atoms with E-state index in [1.807, 2.05) is 0 Å². The summed E-state index contributed by atoms with van der Waals surface area (Å²) in [7, 11) is -3.93. The molecule has 1 fully saturated rings. The summed E-state index contributed by atoms with van der Waals surface area (Å²) in [6.07, 6.45) is -3.27. The summed E-state index contributed by atoms with van der Waals surface area (Å²) in [6, 6.07) is 6.49. The monoisotopic (exact) mass is 457 g/mol. The van der Waals surface area contributed by atoms with Crippen molar-refractivity contribution in [2.45, 2.75) is 30.8 Å². The number of carboxylic acids is 1. The molecule has 11 heteroatoms. The Kier molecular flexibility index (Phi) is 6.56. The van der Waals surface area contributed by atoms with Gasteiger partial charge < -0.3 is 10.0 Å². The number of hydrogen-bond donors (Lipinski definition) is 1. The van der Waals surface area contributed by atoms with Crippen molar-refractivity contribution in [3.05, 3.63) is 53.2 Å². The van der Waals surface area contributed by atoms with Gasteiger partial charge in [0.15, 0.2) is 0 Å². The largest absolute Gasteiger partial charge is 0.481 e. The second-order valence-corrected chi connectivity index (χ2v) is 9.21. The zero-order valence-corrected chi connectivity index (χ0v) is 17.6. The molecule has 3 rings (SSSR count). The lowest BCUT2D eigenvalue weighted by Gasteiger charge is -2.25. The molecule has 7 nitrogen and oxygen atoms in total. The Bertz CT molecular complexity index is 1070. The number of aromatic nitrogens is 1. The maximum atomic E-state index is 13.3. The minimum absolute atomic E-state index is 0.0155. The van der Waals surface area contributed by atoms with Gasteiger partial charge in [-0.15, -0.1) is 0 Å². The summed E-state index contributed by atoms with van der Waals surface area (Å²) in [5.41, 5.74) is 0.203. The van der Waals surface area contributed by atoms with E-state index in [2.05, 4.69) is 4.98 Å². The fourth-order valence-electron chi connectivity index (χ4n) is 3.53. The average molecular weight is 457 g/mol. The van der Waals surface area contributed by atoms with E-state index in [4.69, 9.17) is 5.11 Å². The maximum absolute atomic E-state index is 13.3. The maximum Gasteiger partial charge on any atom is 0.419 e. The number of alkyl halides is 3. The Morgan fingerprint density at radius 2 is 1.90 bits per heavy atom. The molecule has 1 aromatic carbocycles. The highest BCUT2D eigenvalue weighted by Crippen LogP contribution is 2.35. The van der Waals surface area contributed by atoms with Gasteiger partial charge in [-0.1, -0.05) is 6.07 Å². The summed E-state index contributed by atoms with van der Waals surface area (Å²) in [5, 5.41) is 9.04. The molecule has 1 N–H and O–H groups in total. The number of aryl methyl sites for hydroxylation is 1. The number of pyridine rings is 1. The Morgan fingerprint density at radius 1 is 1.16 bits per heavy atom. The minimum Gasteiger partial charge on any atom is -0.481 e. The third-order valence-electron chi connectivity index (χ3n) is 5.15. The first-order valence-corrected chi connectivity index (χ1v) is 11.0. The van der Waals surface area contributed by atoms with E-state index in [1.165, 1.54) is 33.6 Å². The number of benzene rings is 1. The van der Waals surface area contributed by atoms with Gasteiger partial charge in [0.2, 0.25) is 10.0 Å². The van der Waals surface area contributed by atoms with Crippen LogP contribution >= 0.6 is 0 Å². The van der Waals surface area contributed by atoms with Gasteiger partial charge in [-0.3, -0.25) is 4.79 Å². The average Bonchev–Trinajstić information content (AvgIpc) is 2.95. The normalized spacial score (nSPS) is 16.2. The zero-order chi connectivity index (χ0) is 22.8. The topological polar surface area (TPSA) is 90.8 Å². The molecule has 0 unspecified atom stereocenters. The van der Waals surface area contributed by atoms with Crippen LogP contribution in [0.4, 0.5) is 19.0 Å². The first kappa shape index (κ1) is 23.0. The highest BCUT2D eigenvalue weighted by Gasteiger charge is 2.36. The standard InChI is InChI=1S/C20H22F3N3O4S/c1-14-5-6-16(12-15(14)13-18(27)28)31(29,30)26-9-3-8-25(10-11-26)19-17(20(21,22)23)4-2-7-24-19/h2,4-7,12H,3,8-11,13H2,1H3,(H,27,28). The molecule has 2 aromatic rings. The fraction of sp³-hybridized carbons (Fsp3) is 0.400. The fourth-order valence-corrected chi connectivity index (χ4v) is 5.05. The third kappa shape index (κ3) is 5.16. The van der Waals surface area contributed by atoms with Crippen LogP contribution in [0.2, 0.25) is 0 Å². The Labute approximate surface area is 178 Å². The van der Waals surface area contributed by atoms with E-state index in [0.29, 0.717) is 17.5 Å². The van der Waals surface area contributed by atoms with Gasteiger partial charge in [-0.05, 0) is 48.7 Å². The second-order valence-electron chi connectivity index (χ2n) is 7.28. The number of carboxylic acid groups (broad SMARTS) is 1. The van der Waals surface area contributed by atoms with E-state index < -0.39 is 27.7 Å². The number of hydrogen-bond acceptors (Lipinski definition) is 5. The molecule has 1 aromatic heterocycles. The molecule has 2 heterocycles. The van der Waals surface area contributed by atoms with Crippen LogP contribution < -0.4 is 4.90 Å². The quantitative estimate of drug-likeness (QED) is 0.743. The Balaban J connectivity index is 1.84. The molecule has 0 bridgehead atoms. The van der Waals surface area contributed by atoms with Crippen molar-refractivity contribution >= 4 is 21.8 Å².